The Balaban J connectivity index is 1.35. The number of pyridine rings is 1. The van der Waals surface area contributed by atoms with Crippen LogP contribution in [0.25, 0.3) is 5.78 Å². The number of halogens is 4. The number of hydrogen-bond acceptors (Lipinski definition) is 9. The van der Waals surface area contributed by atoms with Crippen LogP contribution in [0.5, 0.6) is 0 Å². The van der Waals surface area contributed by atoms with Crippen molar-refractivity contribution < 1.29 is 27.5 Å². The predicted octanol–water partition coefficient (Wildman–Crippen LogP) is 3.83. The Hall–Kier alpha value is -4.70. The number of benzene rings is 1. The number of anilines is 3. The van der Waals surface area contributed by atoms with Crippen molar-refractivity contribution >= 4 is 46.5 Å². The summed E-state index contributed by atoms with van der Waals surface area (Å²) >= 11 is 5.88. The number of piperazine rings is 1. The molecule has 0 bridgehead atoms. The first kappa shape index (κ1) is 35.1. The molecule has 2 amide bonds. The summed E-state index contributed by atoms with van der Waals surface area (Å²) in [4.78, 5) is 55.7. The maximum Gasteiger partial charge on any atom is 0.417 e. The van der Waals surface area contributed by atoms with Gasteiger partial charge in [0.1, 0.15) is 17.9 Å². The zero-order chi connectivity index (χ0) is 35.7. The van der Waals surface area contributed by atoms with Crippen molar-refractivity contribution in [3.63, 3.8) is 0 Å². The third-order valence-electron chi connectivity index (χ3n) is 9.00. The number of rotatable bonds is 8. The second kappa shape index (κ2) is 14.3. The van der Waals surface area contributed by atoms with Crippen LogP contribution < -0.4 is 20.7 Å². The number of aryl methyl sites for hydroxylation is 2. The Morgan fingerprint density at radius 2 is 1.74 bits per heavy atom. The van der Waals surface area contributed by atoms with Crippen LogP contribution in [0.4, 0.5) is 30.5 Å². The Morgan fingerprint density at radius 3 is 2.40 bits per heavy atom. The third-order valence-corrected chi connectivity index (χ3v) is 9.31. The molecule has 2 fully saturated rings. The zero-order valence-electron chi connectivity index (χ0n) is 27.9. The maximum absolute atomic E-state index is 14.2. The molecule has 6 rings (SSSR count). The third kappa shape index (κ3) is 6.86. The first-order valence-corrected chi connectivity index (χ1v) is 16.8. The highest BCUT2D eigenvalue weighted by Crippen LogP contribution is 2.37. The summed E-state index contributed by atoms with van der Waals surface area (Å²) in [5.41, 5.74) is 0.877. The molecule has 2 saturated heterocycles. The highest BCUT2D eigenvalue weighted by Gasteiger charge is 2.34. The number of morpholine rings is 1. The van der Waals surface area contributed by atoms with Gasteiger partial charge in [0.25, 0.3) is 11.5 Å². The van der Waals surface area contributed by atoms with Crippen LogP contribution in [0.15, 0.2) is 35.3 Å². The number of fused-ring (bicyclic) bond motifs is 1. The number of carbonyl (C=O) groups is 2. The molecule has 1 N–H and O–H groups in total. The minimum absolute atomic E-state index is 0.0440. The number of hydrogen-bond donors (Lipinski definition) is 1. The SMILES string of the molecule is CCc1cccnc1C(=O)N1CCN(c2c(CC)n(CC(=O)Nc3cc(C(F)(F)F)c(Cl)cc3C)c3nc(N4CCOCC4)nn3c2=O)CC1. The van der Waals surface area contributed by atoms with Gasteiger partial charge in [-0.3, -0.25) is 19.4 Å². The lowest BCUT2D eigenvalue weighted by molar-refractivity contribution is -0.137. The van der Waals surface area contributed by atoms with Crippen molar-refractivity contribution in [1.29, 1.82) is 0 Å². The fraction of sp³-hybridized carbons (Fsp3) is 0.455. The first-order chi connectivity index (χ1) is 23.9. The summed E-state index contributed by atoms with van der Waals surface area (Å²) in [6.45, 7) is 8.20. The fourth-order valence-electron chi connectivity index (χ4n) is 6.37. The molecule has 1 aromatic carbocycles. The Bertz CT molecular complexity index is 1980. The van der Waals surface area contributed by atoms with Crippen molar-refractivity contribution in [1.82, 2.24) is 29.0 Å². The molecule has 2 aliphatic heterocycles. The number of nitrogens with zero attached hydrogens (tertiary/aromatic N) is 8. The molecule has 0 atom stereocenters. The van der Waals surface area contributed by atoms with Crippen molar-refractivity contribution in [3.8, 4) is 0 Å². The monoisotopic (exact) mass is 715 g/mol. The van der Waals surface area contributed by atoms with E-state index in [-0.39, 0.29) is 23.9 Å². The quantitative estimate of drug-likeness (QED) is 0.289. The maximum atomic E-state index is 14.2. The van der Waals surface area contributed by atoms with Gasteiger partial charge in [-0.05, 0) is 49.1 Å². The van der Waals surface area contributed by atoms with Crippen LogP contribution in [0.3, 0.4) is 0 Å². The van der Waals surface area contributed by atoms with E-state index >= 15 is 0 Å². The summed E-state index contributed by atoms with van der Waals surface area (Å²) < 4.78 is 49.1. The van der Waals surface area contributed by atoms with E-state index in [4.69, 9.17) is 16.3 Å². The second-order valence-electron chi connectivity index (χ2n) is 12.1. The molecule has 0 spiro atoms. The number of carbonyl (C=O) groups excluding carboxylic acids is 2. The summed E-state index contributed by atoms with van der Waals surface area (Å²) in [5.74, 6) is -0.408. The molecule has 5 heterocycles. The van der Waals surface area contributed by atoms with E-state index < -0.39 is 28.2 Å². The number of nitrogens with one attached hydrogen (secondary N) is 1. The van der Waals surface area contributed by atoms with Crippen LogP contribution in [-0.4, -0.2) is 93.3 Å². The molecule has 0 radical (unpaired) electrons. The van der Waals surface area contributed by atoms with E-state index in [1.807, 2.05) is 29.7 Å². The Kier molecular flexibility index (Phi) is 10.0. The number of alkyl halides is 3. The van der Waals surface area contributed by atoms with Crippen LogP contribution >= 0.6 is 11.6 Å². The molecule has 17 heteroatoms. The van der Waals surface area contributed by atoms with Crippen LogP contribution in [0.1, 0.15) is 46.7 Å². The van der Waals surface area contributed by atoms with Gasteiger partial charge in [0.05, 0.1) is 29.5 Å². The van der Waals surface area contributed by atoms with Gasteiger partial charge in [0.15, 0.2) is 0 Å². The van der Waals surface area contributed by atoms with Gasteiger partial charge in [-0.2, -0.15) is 22.7 Å². The largest absolute Gasteiger partial charge is 0.417 e. The summed E-state index contributed by atoms with van der Waals surface area (Å²) in [6, 6.07) is 5.64. The number of ether oxygens (including phenoxy) is 1. The highest BCUT2D eigenvalue weighted by molar-refractivity contribution is 6.31. The highest BCUT2D eigenvalue weighted by atomic mass is 35.5. The second-order valence-corrected chi connectivity index (χ2v) is 12.5. The van der Waals surface area contributed by atoms with Gasteiger partial charge in [0, 0.05) is 51.2 Å². The molecule has 50 heavy (non-hydrogen) atoms. The van der Waals surface area contributed by atoms with Crippen molar-refractivity contribution in [2.24, 2.45) is 0 Å². The minimum atomic E-state index is -4.72. The summed E-state index contributed by atoms with van der Waals surface area (Å²) in [5, 5.41) is 6.68. The lowest BCUT2D eigenvalue weighted by Crippen LogP contribution is -2.51. The van der Waals surface area contributed by atoms with Crippen LogP contribution in [0, 0.1) is 6.92 Å². The topological polar surface area (TPSA) is 130 Å². The van der Waals surface area contributed by atoms with Gasteiger partial charge in [-0.15, -0.1) is 5.10 Å². The van der Waals surface area contributed by atoms with E-state index in [9.17, 15) is 27.6 Å². The molecule has 0 saturated carbocycles. The molecule has 4 aromatic rings. The molecular weight excluding hydrogens is 679 g/mol. The van der Waals surface area contributed by atoms with E-state index in [0.717, 1.165) is 17.7 Å². The molecule has 3 aromatic heterocycles. The molecule has 266 valence electrons. The van der Waals surface area contributed by atoms with Crippen LogP contribution in [-0.2, 0) is 35.1 Å². The Labute approximate surface area is 290 Å². The number of amides is 2. The first-order valence-electron chi connectivity index (χ1n) is 16.4. The summed E-state index contributed by atoms with van der Waals surface area (Å²) in [7, 11) is 0. The minimum Gasteiger partial charge on any atom is -0.378 e. The van der Waals surface area contributed by atoms with E-state index in [1.54, 1.807) is 28.7 Å². The van der Waals surface area contributed by atoms with Crippen molar-refractivity contribution in [2.45, 2.75) is 46.3 Å². The lowest BCUT2D eigenvalue weighted by Gasteiger charge is -2.36. The zero-order valence-corrected chi connectivity index (χ0v) is 28.6. The van der Waals surface area contributed by atoms with Gasteiger partial charge in [0.2, 0.25) is 17.6 Å². The van der Waals surface area contributed by atoms with Crippen LogP contribution in [0.2, 0.25) is 5.02 Å². The van der Waals surface area contributed by atoms with Gasteiger partial charge in [-0.1, -0.05) is 31.5 Å². The smallest absolute Gasteiger partial charge is 0.378 e. The van der Waals surface area contributed by atoms with E-state index in [2.05, 4.69) is 20.4 Å². The molecule has 0 aliphatic carbocycles. The fourth-order valence-corrected chi connectivity index (χ4v) is 6.70. The van der Waals surface area contributed by atoms with Crippen molar-refractivity contribution in [3.05, 3.63) is 73.9 Å². The normalized spacial score (nSPS) is 15.5. The van der Waals surface area contributed by atoms with E-state index in [0.29, 0.717) is 93.9 Å². The molecule has 0 unspecified atom stereocenters. The van der Waals surface area contributed by atoms with E-state index in [1.165, 1.54) is 4.52 Å². The van der Waals surface area contributed by atoms with Crippen molar-refractivity contribution in [2.75, 3.05) is 67.6 Å². The number of aromatic nitrogens is 5. The Morgan fingerprint density at radius 1 is 1.02 bits per heavy atom. The van der Waals surface area contributed by atoms with Gasteiger partial charge >= 0.3 is 6.18 Å². The molecule has 13 nitrogen and oxygen atoms in total. The predicted molar refractivity (Wildman–Crippen MR) is 181 cm³/mol. The average molecular weight is 716 g/mol. The lowest BCUT2D eigenvalue weighted by atomic mass is 10.1. The van der Waals surface area contributed by atoms with Gasteiger partial charge < -0.3 is 29.3 Å². The van der Waals surface area contributed by atoms with Gasteiger partial charge in [-0.25, -0.2) is 0 Å². The average Bonchev–Trinajstić information content (AvgIpc) is 3.56. The summed E-state index contributed by atoms with van der Waals surface area (Å²) in [6.07, 6.45) is -2.15. The molecule has 2 aliphatic rings. The molecular formula is C33H37ClF3N9O4. The standard InChI is InChI=1S/C33H37ClF3N9O4/c1-4-21-7-6-8-38-27(21)29(48)43-11-9-42(10-12-43)28-25(5-2)45(32-40-31(41-46(32)30(28)49)44-13-15-50-16-14-44)19-26(47)39-24-18-22(33(35,36)37)23(34)17-20(24)3/h6-8,17-18H,4-5,9-16,19H2,1-3H3,(H,39,47).